The average Bonchev–Trinajstić information content (AvgIpc) is 3.06. The zero-order valence-electron chi connectivity index (χ0n) is 13.0. The fraction of sp³-hybridized carbons (Fsp3) is 0.562. The Morgan fingerprint density at radius 2 is 2.05 bits per heavy atom. The summed E-state index contributed by atoms with van der Waals surface area (Å²) in [6.45, 7) is 3.81. The molecule has 22 heavy (non-hydrogen) atoms. The number of carbonyl (C=O) groups excluding carboxylic acids is 1. The summed E-state index contributed by atoms with van der Waals surface area (Å²) in [5.41, 5.74) is 0.897. The highest BCUT2D eigenvalue weighted by molar-refractivity contribution is 5.69. The van der Waals surface area contributed by atoms with Gasteiger partial charge in [0, 0.05) is 12.0 Å². The first kappa shape index (κ1) is 16.6. The Hall–Kier alpha value is -1.79. The summed E-state index contributed by atoms with van der Waals surface area (Å²) in [6, 6.07) is 5.55. The predicted octanol–water partition coefficient (Wildman–Crippen LogP) is 2.46. The minimum Gasteiger partial charge on any atom is -0.493 e. The molecule has 1 aromatic rings. The maximum atomic E-state index is 11.2. The number of rotatable bonds is 8. The summed E-state index contributed by atoms with van der Waals surface area (Å²) < 4.78 is 26.8. The van der Waals surface area contributed by atoms with Crippen LogP contribution in [0.15, 0.2) is 18.2 Å². The second kappa shape index (κ2) is 8.60. The van der Waals surface area contributed by atoms with Crippen LogP contribution in [-0.4, -0.2) is 39.5 Å². The van der Waals surface area contributed by atoms with Gasteiger partial charge in [-0.3, -0.25) is 4.79 Å². The van der Waals surface area contributed by atoms with Gasteiger partial charge in [0.25, 0.3) is 0 Å². The smallest absolute Gasteiger partial charge is 0.305 e. The van der Waals surface area contributed by atoms with Gasteiger partial charge in [0.2, 0.25) is 0 Å². The van der Waals surface area contributed by atoms with Gasteiger partial charge in [0.05, 0.1) is 33.5 Å². The monoisotopic (exact) mass is 310 g/mol. The lowest BCUT2D eigenvalue weighted by Crippen LogP contribution is -2.07. The zero-order valence-corrected chi connectivity index (χ0v) is 13.0. The minimum atomic E-state index is -0.341. The molecular weight excluding hydrogens is 288 g/mol. The van der Waals surface area contributed by atoms with Gasteiger partial charge < -0.3 is 23.7 Å². The third-order valence-electron chi connectivity index (χ3n) is 3.17. The Bertz CT molecular complexity index is 482. The van der Waals surface area contributed by atoms with E-state index in [-0.39, 0.29) is 12.3 Å². The first-order valence-electron chi connectivity index (χ1n) is 7.44. The van der Waals surface area contributed by atoms with Gasteiger partial charge in [-0.25, -0.2) is 0 Å². The van der Waals surface area contributed by atoms with Crippen LogP contribution < -0.4 is 9.47 Å². The quantitative estimate of drug-likeness (QED) is 0.543. The van der Waals surface area contributed by atoms with Crippen molar-refractivity contribution in [1.82, 2.24) is 0 Å². The highest BCUT2D eigenvalue weighted by Crippen LogP contribution is 2.33. The molecule has 0 bridgehead atoms. The zero-order chi connectivity index (χ0) is 15.8. The molecule has 0 N–H and O–H groups in total. The van der Waals surface area contributed by atoms with Gasteiger partial charge in [0.1, 0.15) is 0 Å². The molecule has 6 nitrogen and oxygen atoms in total. The van der Waals surface area contributed by atoms with Crippen molar-refractivity contribution >= 4 is 5.97 Å². The number of hydrogen-bond donors (Lipinski definition) is 0. The van der Waals surface area contributed by atoms with Crippen LogP contribution in [0.3, 0.4) is 0 Å². The van der Waals surface area contributed by atoms with E-state index in [4.69, 9.17) is 23.7 Å². The Labute approximate surface area is 130 Å². The van der Waals surface area contributed by atoms with Crippen LogP contribution in [0.4, 0.5) is 0 Å². The molecule has 2 rings (SSSR count). The van der Waals surface area contributed by atoms with Crippen LogP contribution in [0.25, 0.3) is 0 Å². The Balaban J connectivity index is 1.86. The molecule has 1 aliphatic heterocycles. The molecule has 0 radical (unpaired) electrons. The first-order chi connectivity index (χ1) is 10.7. The van der Waals surface area contributed by atoms with Crippen molar-refractivity contribution < 1.29 is 28.5 Å². The molecule has 0 amide bonds. The predicted molar refractivity (Wildman–Crippen MR) is 79.0 cm³/mol. The number of hydrogen-bond acceptors (Lipinski definition) is 6. The summed E-state index contributed by atoms with van der Waals surface area (Å²) >= 11 is 0. The third kappa shape index (κ3) is 4.61. The summed E-state index contributed by atoms with van der Waals surface area (Å²) in [7, 11) is 1.58. The summed E-state index contributed by atoms with van der Waals surface area (Å²) in [4.78, 5) is 11.2. The molecule has 0 atom stereocenters. The molecule has 1 heterocycles. The molecule has 0 spiro atoms. The average molecular weight is 310 g/mol. The highest BCUT2D eigenvalue weighted by atomic mass is 16.7. The van der Waals surface area contributed by atoms with Crippen molar-refractivity contribution in [3.8, 4) is 11.5 Å². The van der Waals surface area contributed by atoms with E-state index in [1.165, 1.54) is 0 Å². The Morgan fingerprint density at radius 3 is 2.73 bits per heavy atom. The second-order valence-electron chi connectivity index (χ2n) is 4.74. The van der Waals surface area contributed by atoms with Crippen LogP contribution in [0.1, 0.15) is 31.6 Å². The van der Waals surface area contributed by atoms with Gasteiger partial charge >= 0.3 is 5.97 Å². The van der Waals surface area contributed by atoms with E-state index in [9.17, 15) is 4.79 Å². The molecule has 0 aromatic heterocycles. The van der Waals surface area contributed by atoms with Gasteiger partial charge in [-0.2, -0.15) is 0 Å². The molecule has 1 aromatic carbocycles. The van der Waals surface area contributed by atoms with E-state index in [1.807, 2.05) is 18.2 Å². The van der Waals surface area contributed by atoms with Gasteiger partial charge in [-0.1, -0.05) is 6.07 Å². The molecule has 1 aliphatic rings. The molecule has 0 saturated carbocycles. The fourth-order valence-electron chi connectivity index (χ4n) is 2.13. The molecule has 0 unspecified atom stereocenters. The van der Waals surface area contributed by atoms with Crippen molar-refractivity contribution in [3.63, 3.8) is 0 Å². The largest absolute Gasteiger partial charge is 0.493 e. The number of esters is 1. The van der Waals surface area contributed by atoms with E-state index in [2.05, 4.69) is 0 Å². The SMILES string of the molecule is CCOC(=O)CCCOc1ccc(C2OCCO2)cc1OC. The van der Waals surface area contributed by atoms with Crippen molar-refractivity contribution in [2.45, 2.75) is 26.1 Å². The van der Waals surface area contributed by atoms with Crippen LogP contribution in [0, 0.1) is 0 Å². The lowest BCUT2D eigenvalue weighted by Gasteiger charge is -2.14. The Kier molecular flexibility index (Phi) is 6.48. The molecule has 122 valence electrons. The number of carbonyl (C=O) groups is 1. The van der Waals surface area contributed by atoms with Crippen LogP contribution in [0.5, 0.6) is 11.5 Å². The number of methoxy groups -OCH3 is 1. The number of benzene rings is 1. The highest BCUT2D eigenvalue weighted by Gasteiger charge is 2.20. The third-order valence-corrected chi connectivity index (χ3v) is 3.17. The van der Waals surface area contributed by atoms with Crippen molar-refractivity contribution in [2.75, 3.05) is 33.5 Å². The van der Waals surface area contributed by atoms with Crippen LogP contribution in [0.2, 0.25) is 0 Å². The maximum absolute atomic E-state index is 11.2. The summed E-state index contributed by atoms with van der Waals surface area (Å²) in [5, 5.41) is 0. The molecule has 6 heteroatoms. The summed E-state index contributed by atoms with van der Waals surface area (Å²) in [5.74, 6) is 1.05. The first-order valence-corrected chi connectivity index (χ1v) is 7.44. The summed E-state index contributed by atoms with van der Waals surface area (Å²) in [6.07, 6.45) is 0.600. The van der Waals surface area contributed by atoms with Gasteiger partial charge in [-0.05, 0) is 25.5 Å². The standard InChI is InChI=1S/C16H22O6/c1-3-19-15(17)5-4-8-20-13-7-6-12(11-14(13)18-2)16-21-9-10-22-16/h6-7,11,16H,3-5,8-10H2,1-2H3. The van der Waals surface area contributed by atoms with Gasteiger partial charge in [-0.15, -0.1) is 0 Å². The lowest BCUT2D eigenvalue weighted by atomic mass is 10.2. The lowest BCUT2D eigenvalue weighted by molar-refractivity contribution is -0.143. The van der Waals surface area contributed by atoms with Gasteiger partial charge in [0.15, 0.2) is 17.8 Å². The topological polar surface area (TPSA) is 63.2 Å². The minimum absolute atomic E-state index is 0.205. The molecule has 1 fully saturated rings. The van der Waals surface area contributed by atoms with Crippen LogP contribution in [-0.2, 0) is 19.0 Å². The van der Waals surface area contributed by atoms with E-state index in [0.29, 0.717) is 50.8 Å². The number of ether oxygens (including phenoxy) is 5. The second-order valence-corrected chi connectivity index (χ2v) is 4.74. The molecular formula is C16H22O6. The van der Waals surface area contributed by atoms with E-state index < -0.39 is 0 Å². The van der Waals surface area contributed by atoms with Crippen molar-refractivity contribution in [2.24, 2.45) is 0 Å². The van der Waals surface area contributed by atoms with Crippen molar-refractivity contribution in [1.29, 1.82) is 0 Å². The molecule has 1 saturated heterocycles. The van der Waals surface area contributed by atoms with Crippen LogP contribution >= 0.6 is 0 Å². The molecule has 0 aliphatic carbocycles. The van der Waals surface area contributed by atoms with E-state index in [0.717, 1.165) is 5.56 Å². The fourth-order valence-corrected chi connectivity index (χ4v) is 2.13. The van der Waals surface area contributed by atoms with E-state index in [1.54, 1.807) is 14.0 Å². The normalized spacial score (nSPS) is 14.8. The van der Waals surface area contributed by atoms with Crippen molar-refractivity contribution in [3.05, 3.63) is 23.8 Å². The van der Waals surface area contributed by atoms with E-state index >= 15 is 0 Å². The Morgan fingerprint density at radius 1 is 1.27 bits per heavy atom. The maximum Gasteiger partial charge on any atom is 0.305 e.